The molecule has 1 aliphatic rings. The number of hydrogen-bond acceptors (Lipinski definition) is 6. The zero-order chi connectivity index (χ0) is 22.7. The van der Waals surface area contributed by atoms with Gasteiger partial charge >= 0.3 is 0 Å². The lowest BCUT2D eigenvalue weighted by atomic mass is 10.1. The van der Waals surface area contributed by atoms with Crippen molar-refractivity contribution in [1.29, 1.82) is 0 Å². The molecule has 3 aromatic rings. The largest absolute Gasteiger partial charge is 0.455 e. The van der Waals surface area contributed by atoms with Crippen molar-refractivity contribution in [3.05, 3.63) is 80.0 Å². The first-order valence-electron chi connectivity index (χ1n) is 9.84. The average molecular weight is 473 g/mol. The fraction of sp³-hybridized carbons (Fsp3) is 0.182. The van der Waals surface area contributed by atoms with Gasteiger partial charge in [-0.2, -0.15) is 5.10 Å². The van der Waals surface area contributed by atoms with Crippen molar-refractivity contribution < 1.29 is 14.1 Å². The summed E-state index contributed by atoms with van der Waals surface area (Å²) in [4.78, 5) is 25.1. The van der Waals surface area contributed by atoms with Gasteiger partial charge in [0.15, 0.2) is 0 Å². The summed E-state index contributed by atoms with van der Waals surface area (Å²) in [6.07, 6.45) is 3.71. The quantitative estimate of drug-likeness (QED) is 0.288. The number of hydrazone groups is 1. The van der Waals surface area contributed by atoms with Crippen LogP contribution in [0.3, 0.4) is 0 Å². The van der Waals surface area contributed by atoms with Gasteiger partial charge in [0.1, 0.15) is 16.5 Å². The maximum atomic E-state index is 12.3. The molecule has 1 aliphatic heterocycles. The SMILES string of the molecule is O=C(N/N=C\c1ccc(-c2cc([N+](=O)[O-])c(Cl)cc2Cl)o1)c1ccc(N2CCCC2)cc1. The summed E-state index contributed by atoms with van der Waals surface area (Å²) in [5.74, 6) is 0.288. The number of furan rings is 1. The molecule has 32 heavy (non-hydrogen) atoms. The molecule has 10 heteroatoms. The fourth-order valence-electron chi connectivity index (χ4n) is 3.45. The van der Waals surface area contributed by atoms with Crippen LogP contribution in [-0.2, 0) is 0 Å². The first-order valence-corrected chi connectivity index (χ1v) is 10.6. The van der Waals surface area contributed by atoms with Crippen LogP contribution in [0, 0.1) is 10.1 Å². The predicted octanol–water partition coefficient (Wildman–Crippen LogP) is 5.53. The zero-order valence-corrected chi connectivity index (χ0v) is 18.3. The number of nitrogens with one attached hydrogen (secondary N) is 1. The van der Waals surface area contributed by atoms with E-state index < -0.39 is 4.92 Å². The Hall–Kier alpha value is -3.36. The Morgan fingerprint density at radius 3 is 2.50 bits per heavy atom. The molecule has 1 N–H and O–H groups in total. The fourth-order valence-corrected chi connectivity index (χ4v) is 4.00. The van der Waals surface area contributed by atoms with Crippen molar-refractivity contribution in [3.8, 4) is 11.3 Å². The Morgan fingerprint density at radius 1 is 1.09 bits per heavy atom. The highest BCUT2D eigenvalue weighted by Gasteiger charge is 2.19. The Bertz CT molecular complexity index is 1190. The Morgan fingerprint density at radius 2 is 1.81 bits per heavy atom. The van der Waals surface area contributed by atoms with Gasteiger partial charge in [-0.1, -0.05) is 23.2 Å². The van der Waals surface area contributed by atoms with Gasteiger partial charge in [0, 0.05) is 36.0 Å². The minimum atomic E-state index is -0.597. The van der Waals surface area contributed by atoms with E-state index in [9.17, 15) is 14.9 Å². The Kier molecular flexibility index (Phi) is 6.43. The second-order valence-electron chi connectivity index (χ2n) is 7.18. The number of nitrogens with zero attached hydrogens (tertiary/aromatic N) is 3. The highest BCUT2D eigenvalue weighted by Crippen LogP contribution is 2.37. The highest BCUT2D eigenvalue weighted by molar-refractivity contribution is 6.37. The lowest BCUT2D eigenvalue weighted by Crippen LogP contribution is -2.19. The van der Waals surface area contributed by atoms with E-state index in [0.29, 0.717) is 22.6 Å². The molecule has 1 amide bonds. The van der Waals surface area contributed by atoms with Gasteiger partial charge < -0.3 is 9.32 Å². The predicted molar refractivity (Wildman–Crippen MR) is 124 cm³/mol. The maximum absolute atomic E-state index is 12.3. The molecule has 2 aromatic carbocycles. The molecule has 1 aromatic heterocycles. The number of rotatable bonds is 6. The number of nitro benzene ring substituents is 1. The van der Waals surface area contributed by atoms with E-state index in [4.69, 9.17) is 27.6 Å². The number of carbonyl (C=O) groups is 1. The van der Waals surface area contributed by atoms with Crippen LogP contribution in [0.2, 0.25) is 10.0 Å². The molecule has 2 heterocycles. The molecule has 0 atom stereocenters. The van der Waals surface area contributed by atoms with Gasteiger partial charge in [0.05, 0.1) is 16.2 Å². The molecule has 1 saturated heterocycles. The van der Waals surface area contributed by atoms with E-state index in [-0.39, 0.29) is 21.6 Å². The maximum Gasteiger partial charge on any atom is 0.288 e. The summed E-state index contributed by atoms with van der Waals surface area (Å²) in [7, 11) is 0. The number of amides is 1. The second kappa shape index (κ2) is 9.42. The van der Waals surface area contributed by atoms with Crippen molar-refractivity contribution in [1.82, 2.24) is 5.43 Å². The van der Waals surface area contributed by atoms with Crippen molar-refractivity contribution in [3.63, 3.8) is 0 Å². The van der Waals surface area contributed by atoms with E-state index in [2.05, 4.69) is 15.4 Å². The van der Waals surface area contributed by atoms with E-state index in [1.165, 1.54) is 31.2 Å². The lowest BCUT2D eigenvalue weighted by Gasteiger charge is -2.17. The molecule has 0 radical (unpaired) electrons. The monoisotopic (exact) mass is 472 g/mol. The molecule has 0 spiro atoms. The molecule has 4 rings (SSSR count). The molecule has 0 saturated carbocycles. The second-order valence-corrected chi connectivity index (χ2v) is 8.00. The average Bonchev–Trinajstić information content (AvgIpc) is 3.46. The summed E-state index contributed by atoms with van der Waals surface area (Å²) in [6.45, 7) is 2.07. The van der Waals surface area contributed by atoms with Crippen molar-refractivity contribution >= 4 is 46.7 Å². The third-order valence-electron chi connectivity index (χ3n) is 5.08. The van der Waals surface area contributed by atoms with Crippen LogP contribution in [0.5, 0.6) is 0 Å². The summed E-state index contributed by atoms with van der Waals surface area (Å²) in [5, 5.41) is 15.2. The lowest BCUT2D eigenvalue weighted by molar-refractivity contribution is -0.384. The number of hydrogen-bond donors (Lipinski definition) is 1. The van der Waals surface area contributed by atoms with Gasteiger partial charge in [-0.15, -0.1) is 0 Å². The minimum absolute atomic E-state index is 0.0618. The van der Waals surface area contributed by atoms with Crippen LogP contribution in [-0.4, -0.2) is 30.1 Å². The molecule has 8 nitrogen and oxygen atoms in total. The van der Waals surface area contributed by atoms with Gasteiger partial charge in [-0.3, -0.25) is 14.9 Å². The van der Waals surface area contributed by atoms with Crippen LogP contribution < -0.4 is 10.3 Å². The van der Waals surface area contributed by atoms with Gasteiger partial charge in [0.25, 0.3) is 11.6 Å². The van der Waals surface area contributed by atoms with E-state index >= 15 is 0 Å². The standard InChI is InChI=1S/C22H18Cl2N4O4/c23-18-12-19(24)20(28(30)31)11-17(18)21-8-7-16(32-21)13-25-26-22(29)14-3-5-15(6-4-14)27-9-1-2-10-27/h3-8,11-13H,1-2,9-10H2,(H,26,29)/b25-13-. The molecule has 0 bridgehead atoms. The first kappa shape index (κ1) is 21.9. The topological polar surface area (TPSA) is 101 Å². The molecular weight excluding hydrogens is 455 g/mol. The number of nitro groups is 1. The highest BCUT2D eigenvalue weighted by atomic mass is 35.5. The van der Waals surface area contributed by atoms with Crippen molar-refractivity contribution in [2.75, 3.05) is 18.0 Å². The summed E-state index contributed by atoms with van der Waals surface area (Å²) in [5.41, 5.74) is 4.09. The van der Waals surface area contributed by atoms with Gasteiger partial charge in [-0.05, 0) is 55.3 Å². The Labute approximate surface area is 193 Å². The number of benzene rings is 2. The summed E-state index contributed by atoms with van der Waals surface area (Å²) in [6, 6.07) is 13.1. The molecule has 1 fully saturated rings. The van der Waals surface area contributed by atoms with Gasteiger partial charge in [0.2, 0.25) is 0 Å². The molecule has 164 valence electrons. The number of anilines is 1. The van der Waals surface area contributed by atoms with Crippen LogP contribution in [0.15, 0.2) is 58.0 Å². The Balaban J connectivity index is 1.41. The van der Waals surface area contributed by atoms with E-state index in [1.54, 1.807) is 24.3 Å². The number of halogens is 2. The van der Waals surface area contributed by atoms with Crippen LogP contribution in [0.4, 0.5) is 11.4 Å². The summed E-state index contributed by atoms with van der Waals surface area (Å²) < 4.78 is 5.63. The van der Waals surface area contributed by atoms with Crippen LogP contribution >= 0.6 is 23.2 Å². The van der Waals surface area contributed by atoms with Crippen molar-refractivity contribution in [2.45, 2.75) is 12.8 Å². The van der Waals surface area contributed by atoms with Gasteiger partial charge in [-0.25, -0.2) is 5.43 Å². The summed E-state index contributed by atoms with van der Waals surface area (Å²) >= 11 is 12.0. The molecular formula is C22H18Cl2N4O4. The van der Waals surface area contributed by atoms with Crippen LogP contribution in [0.25, 0.3) is 11.3 Å². The zero-order valence-electron chi connectivity index (χ0n) is 16.8. The minimum Gasteiger partial charge on any atom is -0.455 e. The first-order chi connectivity index (χ1) is 15.4. The molecule has 0 unspecified atom stereocenters. The van der Waals surface area contributed by atoms with Crippen molar-refractivity contribution in [2.24, 2.45) is 5.10 Å². The molecule has 0 aliphatic carbocycles. The van der Waals surface area contributed by atoms with E-state index in [0.717, 1.165) is 18.8 Å². The van der Waals surface area contributed by atoms with Crippen LogP contribution in [0.1, 0.15) is 29.0 Å². The van der Waals surface area contributed by atoms with E-state index in [1.807, 2.05) is 12.1 Å². The normalized spacial score (nSPS) is 13.6. The third kappa shape index (κ3) is 4.76. The third-order valence-corrected chi connectivity index (χ3v) is 5.70. The number of carbonyl (C=O) groups excluding carboxylic acids is 1. The smallest absolute Gasteiger partial charge is 0.288 e.